The summed E-state index contributed by atoms with van der Waals surface area (Å²) in [6, 6.07) is 5.37. The summed E-state index contributed by atoms with van der Waals surface area (Å²) in [6.45, 7) is 0.383. The van der Waals surface area contributed by atoms with Crippen molar-refractivity contribution in [2.24, 2.45) is 0 Å². The number of ether oxygens (including phenoxy) is 1. The minimum absolute atomic E-state index is 0.383. The summed E-state index contributed by atoms with van der Waals surface area (Å²) in [5.74, 6) is 1.01. The Hall–Kier alpha value is -0.630. The van der Waals surface area contributed by atoms with Crippen LogP contribution in [0.15, 0.2) is 18.2 Å². The highest BCUT2D eigenvalue weighted by atomic mass is 127. The zero-order valence-corrected chi connectivity index (χ0v) is 14.3. The van der Waals surface area contributed by atoms with Crippen molar-refractivity contribution in [1.29, 1.82) is 0 Å². The van der Waals surface area contributed by atoms with Crippen LogP contribution in [0.2, 0.25) is 10.0 Å². The van der Waals surface area contributed by atoms with Gasteiger partial charge in [0.05, 0.1) is 15.9 Å². The Balaban J connectivity index is 2.39. The number of aromatic nitrogens is 2. The molecule has 2 rings (SSSR count). The van der Waals surface area contributed by atoms with E-state index in [1.807, 2.05) is 0 Å². The van der Waals surface area contributed by atoms with Gasteiger partial charge in [-0.1, -0.05) is 29.3 Å². The lowest BCUT2D eigenvalue weighted by Crippen LogP contribution is -2.09. The molecule has 20 heavy (non-hydrogen) atoms. The van der Waals surface area contributed by atoms with Crippen molar-refractivity contribution in [3.05, 3.63) is 48.9 Å². The second kappa shape index (κ2) is 6.89. The number of nitrogens with zero attached hydrogens (tertiary/aromatic N) is 2. The normalized spacial score (nSPS) is 10.8. The van der Waals surface area contributed by atoms with Crippen molar-refractivity contribution in [3.63, 3.8) is 0 Å². The zero-order valence-electron chi connectivity index (χ0n) is 10.7. The smallest absolute Gasteiger partial charge is 0.141 e. The van der Waals surface area contributed by atoms with Gasteiger partial charge in [-0.15, -0.1) is 0 Å². The van der Waals surface area contributed by atoms with Gasteiger partial charge in [-0.2, -0.15) is 0 Å². The van der Waals surface area contributed by atoms with Crippen molar-refractivity contribution < 1.29 is 4.74 Å². The molecule has 0 amide bonds. The fourth-order valence-electron chi connectivity index (χ4n) is 1.74. The van der Waals surface area contributed by atoms with Gasteiger partial charge in [-0.05, 0) is 40.3 Å². The van der Waals surface area contributed by atoms with E-state index >= 15 is 0 Å². The fourth-order valence-corrected chi connectivity index (χ4v) is 2.66. The molecule has 0 radical (unpaired) electrons. The van der Waals surface area contributed by atoms with Crippen LogP contribution in [-0.4, -0.2) is 17.1 Å². The number of hydrogen-bond donors (Lipinski definition) is 1. The number of nitrogens with two attached hydrogens (primary N) is 1. The summed E-state index contributed by atoms with van der Waals surface area (Å²) in [5.41, 5.74) is 7.46. The molecule has 0 aliphatic carbocycles. The maximum atomic E-state index is 6.15. The number of halogens is 3. The third-order valence-corrected chi connectivity index (χ3v) is 4.55. The molecule has 1 aromatic heterocycles. The maximum Gasteiger partial charge on any atom is 0.141 e. The first kappa shape index (κ1) is 15.8. The average Bonchev–Trinajstić information content (AvgIpc) is 2.40. The van der Waals surface area contributed by atoms with Crippen molar-refractivity contribution in [2.45, 2.75) is 13.0 Å². The van der Waals surface area contributed by atoms with Crippen LogP contribution in [0, 0.1) is 3.57 Å². The van der Waals surface area contributed by atoms with Crippen LogP contribution in [0.3, 0.4) is 0 Å². The Kier molecular flexibility index (Phi) is 5.42. The van der Waals surface area contributed by atoms with Crippen LogP contribution < -0.4 is 5.73 Å². The second-order valence-corrected chi connectivity index (χ2v) is 5.99. The van der Waals surface area contributed by atoms with E-state index < -0.39 is 0 Å². The van der Waals surface area contributed by atoms with E-state index in [0.29, 0.717) is 34.7 Å². The van der Waals surface area contributed by atoms with Gasteiger partial charge in [-0.3, -0.25) is 0 Å². The van der Waals surface area contributed by atoms with E-state index in [2.05, 4.69) is 32.6 Å². The van der Waals surface area contributed by atoms with Gasteiger partial charge in [-0.25, -0.2) is 9.97 Å². The van der Waals surface area contributed by atoms with Gasteiger partial charge in [0.1, 0.15) is 11.6 Å². The second-order valence-electron chi connectivity index (χ2n) is 4.10. The summed E-state index contributed by atoms with van der Waals surface area (Å²) in [6.07, 6.45) is 0.427. The molecule has 0 saturated carbocycles. The number of hydrogen-bond acceptors (Lipinski definition) is 4. The third-order valence-electron chi connectivity index (χ3n) is 2.67. The molecule has 0 spiro atoms. The predicted octanol–water partition coefficient (Wildman–Crippen LogP) is 3.71. The first-order valence-electron chi connectivity index (χ1n) is 5.75. The Labute approximate surface area is 140 Å². The van der Waals surface area contributed by atoms with Crippen molar-refractivity contribution in [3.8, 4) is 0 Å². The number of methoxy groups -OCH3 is 1. The van der Waals surface area contributed by atoms with Gasteiger partial charge in [0.25, 0.3) is 0 Å². The van der Waals surface area contributed by atoms with E-state index in [4.69, 9.17) is 33.7 Å². The molecule has 1 heterocycles. The van der Waals surface area contributed by atoms with Gasteiger partial charge < -0.3 is 10.5 Å². The van der Waals surface area contributed by atoms with Crippen molar-refractivity contribution in [2.75, 3.05) is 12.8 Å². The van der Waals surface area contributed by atoms with Crippen LogP contribution in [-0.2, 0) is 17.8 Å². The lowest BCUT2D eigenvalue weighted by molar-refractivity contribution is 0.180. The van der Waals surface area contributed by atoms with Crippen LogP contribution in [0.25, 0.3) is 0 Å². The highest BCUT2D eigenvalue weighted by Gasteiger charge is 2.13. The zero-order chi connectivity index (χ0) is 14.7. The largest absolute Gasteiger partial charge is 0.383 e. The van der Waals surface area contributed by atoms with Gasteiger partial charge in [0.2, 0.25) is 0 Å². The summed E-state index contributed by atoms with van der Waals surface area (Å²) >= 11 is 14.4. The lowest BCUT2D eigenvalue weighted by atomic mass is 10.1. The minimum atomic E-state index is 0.383. The summed E-state index contributed by atoms with van der Waals surface area (Å²) < 4.78 is 5.92. The highest BCUT2D eigenvalue weighted by Crippen LogP contribution is 2.27. The monoisotopic (exact) mass is 423 g/mol. The Morgan fingerprint density at radius 3 is 2.50 bits per heavy atom. The maximum absolute atomic E-state index is 6.15. The molecule has 2 aromatic rings. The molecule has 0 fully saturated rings. The number of benzene rings is 1. The third kappa shape index (κ3) is 3.52. The van der Waals surface area contributed by atoms with Gasteiger partial charge in [0, 0.05) is 23.6 Å². The standard InChI is InChI=1S/C13H12Cl2IN3O/c1-20-6-10-12(16)13(17)19-11(18-10)5-7-8(14)3-2-4-9(7)15/h2-4H,5-6H2,1H3,(H2,17,18,19). The summed E-state index contributed by atoms with van der Waals surface area (Å²) in [5, 5.41) is 1.18. The van der Waals surface area contributed by atoms with E-state index in [0.717, 1.165) is 14.8 Å². The average molecular weight is 424 g/mol. The molecule has 0 aliphatic heterocycles. The van der Waals surface area contributed by atoms with E-state index in [-0.39, 0.29) is 0 Å². The first-order chi connectivity index (χ1) is 9.52. The Morgan fingerprint density at radius 1 is 1.25 bits per heavy atom. The fraction of sp³-hybridized carbons (Fsp3) is 0.231. The van der Waals surface area contributed by atoms with Crippen LogP contribution >= 0.6 is 45.8 Å². The topological polar surface area (TPSA) is 61.0 Å². The Bertz CT molecular complexity index is 617. The molecule has 0 atom stereocenters. The molecule has 7 heteroatoms. The highest BCUT2D eigenvalue weighted by molar-refractivity contribution is 14.1. The molecule has 0 saturated heterocycles. The molecule has 1 aromatic carbocycles. The van der Waals surface area contributed by atoms with Crippen LogP contribution in [0.1, 0.15) is 17.1 Å². The molecule has 2 N–H and O–H groups in total. The molecular formula is C13H12Cl2IN3O. The molecule has 0 unspecified atom stereocenters. The van der Waals surface area contributed by atoms with E-state index in [1.165, 1.54) is 0 Å². The Morgan fingerprint density at radius 2 is 1.90 bits per heavy atom. The van der Waals surface area contributed by atoms with E-state index in [9.17, 15) is 0 Å². The summed E-state index contributed by atoms with van der Waals surface area (Å²) in [7, 11) is 1.61. The van der Waals surface area contributed by atoms with Gasteiger partial charge in [0.15, 0.2) is 0 Å². The molecule has 4 nitrogen and oxygen atoms in total. The number of rotatable bonds is 4. The lowest BCUT2D eigenvalue weighted by Gasteiger charge is -2.10. The first-order valence-corrected chi connectivity index (χ1v) is 7.59. The van der Waals surface area contributed by atoms with Crippen LogP contribution in [0.4, 0.5) is 5.82 Å². The number of anilines is 1. The van der Waals surface area contributed by atoms with Crippen molar-refractivity contribution >= 4 is 51.6 Å². The van der Waals surface area contributed by atoms with Gasteiger partial charge >= 0.3 is 0 Å². The quantitative estimate of drug-likeness (QED) is 0.761. The minimum Gasteiger partial charge on any atom is -0.383 e. The summed E-state index contributed by atoms with van der Waals surface area (Å²) in [4.78, 5) is 8.74. The molecule has 106 valence electrons. The van der Waals surface area contributed by atoms with Crippen LogP contribution in [0.5, 0.6) is 0 Å². The molecule has 0 aliphatic rings. The van der Waals surface area contributed by atoms with Crippen molar-refractivity contribution in [1.82, 2.24) is 9.97 Å². The predicted molar refractivity (Wildman–Crippen MR) is 89.1 cm³/mol. The molecule has 0 bridgehead atoms. The number of nitrogen functional groups attached to an aromatic ring is 1. The SMILES string of the molecule is COCc1nc(Cc2c(Cl)cccc2Cl)nc(N)c1I. The van der Waals surface area contributed by atoms with E-state index in [1.54, 1.807) is 25.3 Å². The molecular weight excluding hydrogens is 412 g/mol.